The summed E-state index contributed by atoms with van der Waals surface area (Å²) in [6.45, 7) is 0. The third-order valence-electron chi connectivity index (χ3n) is 4.79. The van der Waals surface area contributed by atoms with Gasteiger partial charge in [-0.15, -0.1) is 12.4 Å². The molecule has 4 rings (SSSR count). The van der Waals surface area contributed by atoms with Gasteiger partial charge in [-0.2, -0.15) is 0 Å². The van der Waals surface area contributed by atoms with Gasteiger partial charge in [0.1, 0.15) is 0 Å². The molecule has 2 aromatic carbocycles. The van der Waals surface area contributed by atoms with Crippen LogP contribution in [0.4, 0.5) is 0 Å². The van der Waals surface area contributed by atoms with E-state index in [9.17, 15) is 0 Å². The molecule has 1 heterocycles. The van der Waals surface area contributed by atoms with Crippen molar-refractivity contribution in [1.82, 2.24) is 4.98 Å². The quantitative estimate of drug-likeness (QED) is 0.475. The highest BCUT2D eigenvalue weighted by Crippen LogP contribution is 2.36. The lowest BCUT2D eigenvalue weighted by Crippen LogP contribution is -2.05. The number of nitrogens with zero attached hydrogens (tertiary/aromatic N) is 1. The topological polar surface area (TPSA) is 12.9 Å². The first-order valence-electron chi connectivity index (χ1n) is 8.49. The summed E-state index contributed by atoms with van der Waals surface area (Å²) in [6.07, 6.45) is 7.35. The highest BCUT2D eigenvalue weighted by atomic mass is 35.5. The molecule has 0 N–H and O–H groups in total. The maximum atomic E-state index is 6.29. The van der Waals surface area contributed by atoms with Gasteiger partial charge in [-0.3, -0.25) is 4.98 Å². The van der Waals surface area contributed by atoms with Crippen LogP contribution in [0.25, 0.3) is 22.0 Å². The summed E-state index contributed by atoms with van der Waals surface area (Å²) in [4.78, 5) is 4.99. The molecule has 0 saturated carbocycles. The summed E-state index contributed by atoms with van der Waals surface area (Å²) >= 11 is 6.29. The Kier molecular flexibility index (Phi) is 5.43. The van der Waals surface area contributed by atoms with E-state index in [4.69, 9.17) is 16.6 Å². The molecule has 0 saturated heterocycles. The molecular formula is C21H21Cl2N. The first-order chi connectivity index (χ1) is 11.3. The fourth-order valence-corrected chi connectivity index (χ4v) is 3.86. The number of rotatable bonds is 1. The maximum absolute atomic E-state index is 6.29. The molecule has 0 bridgehead atoms. The zero-order valence-electron chi connectivity index (χ0n) is 13.6. The second kappa shape index (κ2) is 7.55. The summed E-state index contributed by atoms with van der Waals surface area (Å²) in [5.41, 5.74) is 6.41. The van der Waals surface area contributed by atoms with Gasteiger partial charge >= 0.3 is 0 Å². The van der Waals surface area contributed by atoms with Crippen molar-refractivity contribution in [2.45, 2.75) is 38.5 Å². The Morgan fingerprint density at radius 2 is 1.58 bits per heavy atom. The van der Waals surface area contributed by atoms with Gasteiger partial charge < -0.3 is 0 Å². The molecule has 0 unspecified atom stereocenters. The Bertz CT molecular complexity index is 843. The van der Waals surface area contributed by atoms with E-state index >= 15 is 0 Å². The average molecular weight is 358 g/mol. The lowest BCUT2D eigenvalue weighted by atomic mass is 9.88. The van der Waals surface area contributed by atoms with Crippen LogP contribution in [0, 0.1) is 0 Å². The van der Waals surface area contributed by atoms with Gasteiger partial charge in [0.05, 0.1) is 5.52 Å². The van der Waals surface area contributed by atoms with Gasteiger partial charge in [0.25, 0.3) is 0 Å². The standard InChI is InChI=1S/C21H20ClN.ClH/c22-16-12-13-20-18(14-16)21(15-8-4-3-5-9-15)17-10-6-1-2-7-11-19(17)23-20;/h3-5,8-9,12-14H,1-2,6-7,10-11H2;1H. The molecule has 3 heteroatoms. The molecular weight excluding hydrogens is 337 g/mol. The van der Waals surface area contributed by atoms with Crippen LogP contribution in [-0.2, 0) is 12.8 Å². The minimum Gasteiger partial charge on any atom is -0.253 e. The summed E-state index contributed by atoms with van der Waals surface area (Å²) in [6, 6.07) is 16.8. The zero-order valence-corrected chi connectivity index (χ0v) is 15.2. The Labute approximate surface area is 154 Å². The summed E-state index contributed by atoms with van der Waals surface area (Å²) in [5, 5.41) is 1.96. The number of aryl methyl sites for hydroxylation is 1. The van der Waals surface area contributed by atoms with E-state index in [1.165, 1.54) is 53.5 Å². The number of hydrogen-bond donors (Lipinski definition) is 0. The van der Waals surface area contributed by atoms with Crippen molar-refractivity contribution in [3.05, 3.63) is 64.8 Å². The molecule has 1 nitrogen and oxygen atoms in total. The molecule has 1 aliphatic carbocycles. The number of pyridine rings is 1. The molecule has 124 valence electrons. The van der Waals surface area contributed by atoms with Gasteiger partial charge in [0.2, 0.25) is 0 Å². The smallest absolute Gasteiger partial charge is 0.0712 e. The van der Waals surface area contributed by atoms with E-state index in [0.29, 0.717) is 0 Å². The normalized spacial score (nSPS) is 14.4. The van der Waals surface area contributed by atoms with Gasteiger partial charge in [0.15, 0.2) is 0 Å². The highest BCUT2D eigenvalue weighted by molar-refractivity contribution is 6.31. The largest absolute Gasteiger partial charge is 0.253 e. The van der Waals surface area contributed by atoms with Crippen molar-refractivity contribution in [2.24, 2.45) is 0 Å². The van der Waals surface area contributed by atoms with Gasteiger partial charge in [-0.05, 0) is 60.6 Å². The maximum Gasteiger partial charge on any atom is 0.0712 e. The Morgan fingerprint density at radius 3 is 2.38 bits per heavy atom. The molecule has 0 spiro atoms. The van der Waals surface area contributed by atoms with Crippen molar-refractivity contribution >= 4 is 34.9 Å². The molecule has 0 fully saturated rings. The van der Waals surface area contributed by atoms with E-state index in [2.05, 4.69) is 42.5 Å². The zero-order chi connectivity index (χ0) is 15.6. The van der Waals surface area contributed by atoms with Crippen LogP contribution in [-0.4, -0.2) is 4.98 Å². The monoisotopic (exact) mass is 357 g/mol. The molecule has 0 aliphatic heterocycles. The molecule has 24 heavy (non-hydrogen) atoms. The summed E-state index contributed by atoms with van der Waals surface area (Å²) in [5.74, 6) is 0. The van der Waals surface area contributed by atoms with Crippen molar-refractivity contribution in [3.8, 4) is 11.1 Å². The van der Waals surface area contributed by atoms with Gasteiger partial charge in [-0.25, -0.2) is 0 Å². The lowest BCUT2D eigenvalue weighted by molar-refractivity contribution is 0.611. The first kappa shape index (κ1) is 17.3. The molecule has 1 aromatic heterocycles. The Balaban J connectivity index is 0.00000169. The minimum absolute atomic E-state index is 0. The molecule has 3 aromatic rings. The summed E-state index contributed by atoms with van der Waals surface area (Å²) in [7, 11) is 0. The molecule has 0 atom stereocenters. The van der Waals surface area contributed by atoms with Crippen LogP contribution in [0.1, 0.15) is 36.9 Å². The van der Waals surface area contributed by atoms with Crippen molar-refractivity contribution in [2.75, 3.05) is 0 Å². The number of hydrogen-bond acceptors (Lipinski definition) is 1. The summed E-state index contributed by atoms with van der Waals surface area (Å²) < 4.78 is 0. The van der Waals surface area contributed by atoms with Crippen LogP contribution in [0.5, 0.6) is 0 Å². The Hall–Kier alpha value is -1.57. The molecule has 0 amide bonds. The van der Waals surface area contributed by atoms with Crippen LogP contribution in [0.15, 0.2) is 48.5 Å². The van der Waals surface area contributed by atoms with E-state index in [0.717, 1.165) is 23.4 Å². The Morgan fingerprint density at radius 1 is 0.833 bits per heavy atom. The second-order valence-electron chi connectivity index (χ2n) is 6.35. The van der Waals surface area contributed by atoms with Crippen LogP contribution in [0.2, 0.25) is 5.02 Å². The minimum atomic E-state index is 0. The lowest BCUT2D eigenvalue weighted by Gasteiger charge is -2.20. The van der Waals surface area contributed by atoms with Crippen LogP contribution >= 0.6 is 24.0 Å². The average Bonchev–Trinajstić information content (AvgIpc) is 2.55. The predicted molar refractivity (Wildman–Crippen MR) is 105 cm³/mol. The third kappa shape index (κ3) is 3.29. The molecule has 0 radical (unpaired) electrons. The van der Waals surface area contributed by atoms with Crippen LogP contribution < -0.4 is 0 Å². The number of aromatic nitrogens is 1. The van der Waals surface area contributed by atoms with Crippen LogP contribution in [0.3, 0.4) is 0 Å². The number of fused-ring (bicyclic) bond motifs is 2. The van der Waals surface area contributed by atoms with Crippen molar-refractivity contribution < 1.29 is 0 Å². The SMILES string of the molecule is Cl.Clc1ccc2nc3c(c(-c4ccccc4)c2c1)CCCCCC3. The van der Waals surface area contributed by atoms with E-state index < -0.39 is 0 Å². The highest BCUT2D eigenvalue weighted by Gasteiger charge is 2.17. The van der Waals surface area contributed by atoms with E-state index in [1.54, 1.807) is 0 Å². The number of benzene rings is 2. The van der Waals surface area contributed by atoms with E-state index in [-0.39, 0.29) is 12.4 Å². The van der Waals surface area contributed by atoms with Gasteiger partial charge in [-0.1, -0.05) is 54.8 Å². The number of halogens is 2. The fourth-order valence-electron chi connectivity index (χ4n) is 3.68. The second-order valence-corrected chi connectivity index (χ2v) is 6.79. The van der Waals surface area contributed by atoms with Crippen molar-refractivity contribution in [3.63, 3.8) is 0 Å². The predicted octanol–water partition coefficient (Wildman–Crippen LogP) is 6.64. The molecule has 1 aliphatic rings. The first-order valence-corrected chi connectivity index (χ1v) is 8.87. The fraction of sp³-hybridized carbons (Fsp3) is 0.286. The third-order valence-corrected chi connectivity index (χ3v) is 5.02. The van der Waals surface area contributed by atoms with E-state index in [1.807, 2.05) is 6.07 Å². The van der Waals surface area contributed by atoms with Gasteiger partial charge in [0, 0.05) is 16.1 Å². The van der Waals surface area contributed by atoms with Crippen molar-refractivity contribution in [1.29, 1.82) is 0 Å².